The van der Waals surface area contributed by atoms with E-state index in [9.17, 15) is 34.8 Å². The maximum atomic E-state index is 14.2. The molecule has 0 spiro atoms. The van der Waals surface area contributed by atoms with Gasteiger partial charge in [-0.1, -0.05) is 30.3 Å². The van der Waals surface area contributed by atoms with Crippen molar-refractivity contribution in [3.63, 3.8) is 0 Å². The van der Waals surface area contributed by atoms with Gasteiger partial charge in [0.25, 0.3) is 5.91 Å². The number of likely N-dealkylation sites (N-methyl/N-ethyl adjacent to an activating group) is 1. The number of ketones is 2. The standard InChI is InChI=1S/C36H44N4O7/c1-39(2)25-17-24(38-21-12-10-19(11-13-21)14-18-8-6-5-7-9-18)30(41)27-22(25)15-20-16-23-29(40(3)4)32(43)28(35(37)46)34(45)36(23,47)33(44)26(20)31(27)42/h5-9,17,19-21,23,29,38,41-42,45,47H,10-16H2,1-4H3,(H2,37,46). The Bertz CT molecular complexity index is 1690. The lowest BCUT2D eigenvalue weighted by Crippen LogP contribution is -2.65. The van der Waals surface area contributed by atoms with Crippen molar-refractivity contribution < 1.29 is 34.8 Å². The molecule has 47 heavy (non-hydrogen) atoms. The van der Waals surface area contributed by atoms with Gasteiger partial charge < -0.3 is 36.4 Å². The maximum Gasteiger partial charge on any atom is 0.255 e. The van der Waals surface area contributed by atoms with Crippen LogP contribution in [0.3, 0.4) is 0 Å². The Balaban J connectivity index is 1.36. The number of rotatable bonds is 7. The molecule has 1 amide bonds. The molecule has 0 radical (unpaired) electrons. The number of hydrogen-bond donors (Lipinski definition) is 6. The predicted molar refractivity (Wildman–Crippen MR) is 178 cm³/mol. The van der Waals surface area contributed by atoms with Gasteiger partial charge in [0.15, 0.2) is 11.4 Å². The zero-order valence-electron chi connectivity index (χ0n) is 27.3. The van der Waals surface area contributed by atoms with Crippen LogP contribution in [0.4, 0.5) is 11.4 Å². The number of aliphatic hydroxyl groups excluding tert-OH is 2. The van der Waals surface area contributed by atoms with Crippen LogP contribution in [0.2, 0.25) is 0 Å². The number of hydrogen-bond acceptors (Lipinski definition) is 10. The molecule has 4 unspecified atom stereocenters. The monoisotopic (exact) mass is 644 g/mol. The van der Waals surface area contributed by atoms with Crippen LogP contribution in [0, 0.1) is 17.8 Å². The Morgan fingerprint density at radius 3 is 2.28 bits per heavy atom. The zero-order valence-corrected chi connectivity index (χ0v) is 27.3. The number of carbonyl (C=O) groups excluding carboxylic acids is 3. The zero-order chi connectivity index (χ0) is 33.9. The number of aromatic hydroxyl groups is 1. The highest BCUT2D eigenvalue weighted by molar-refractivity contribution is 6.24. The molecule has 0 aromatic heterocycles. The number of nitrogens with one attached hydrogen (secondary N) is 1. The van der Waals surface area contributed by atoms with Crippen LogP contribution in [-0.2, 0) is 27.2 Å². The van der Waals surface area contributed by atoms with Gasteiger partial charge in [-0.2, -0.15) is 0 Å². The minimum absolute atomic E-state index is 0.0472. The van der Waals surface area contributed by atoms with E-state index in [1.54, 1.807) is 14.1 Å². The number of amides is 1. The third-order valence-electron chi connectivity index (χ3n) is 10.8. The molecule has 4 aliphatic carbocycles. The van der Waals surface area contributed by atoms with Crippen LogP contribution >= 0.6 is 0 Å². The Morgan fingerprint density at radius 2 is 1.68 bits per heavy atom. The van der Waals surface area contributed by atoms with Gasteiger partial charge in [0, 0.05) is 37.3 Å². The van der Waals surface area contributed by atoms with Crippen molar-refractivity contribution in [1.82, 2.24) is 4.90 Å². The van der Waals surface area contributed by atoms with Crippen LogP contribution in [0.1, 0.15) is 48.8 Å². The van der Waals surface area contributed by atoms with E-state index in [1.807, 2.05) is 31.1 Å². The summed E-state index contributed by atoms with van der Waals surface area (Å²) >= 11 is 0. The predicted octanol–water partition coefficient (Wildman–Crippen LogP) is 3.24. The minimum atomic E-state index is -2.67. The first-order valence-corrected chi connectivity index (χ1v) is 16.3. The summed E-state index contributed by atoms with van der Waals surface area (Å²) in [5.74, 6) is -6.00. The van der Waals surface area contributed by atoms with Crippen LogP contribution < -0.4 is 16.0 Å². The number of primary amides is 1. The average molecular weight is 645 g/mol. The number of fused-ring (bicyclic) bond motifs is 3. The summed E-state index contributed by atoms with van der Waals surface area (Å²) in [6.45, 7) is 0. The van der Waals surface area contributed by atoms with Gasteiger partial charge in [0.05, 0.1) is 17.3 Å². The van der Waals surface area contributed by atoms with E-state index < -0.39 is 58.0 Å². The molecule has 11 heteroatoms. The summed E-state index contributed by atoms with van der Waals surface area (Å²) in [6, 6.07) is 11.3. The molecule has 250 valence electrons. The Labute approximate surface area is 274 Å². The lowest BCUT2D eigenvalue weighted by Gasteiger charge is -2.50. The van der Waals surface area contributed by atoms with Gasteiger partial charge in [0.2, 0.25) is 5.78 Å². The number of aliphatic hydroxyl groups is 3. The number of nitrogens with two attached hydrogens (primary N) is 1. The van der Waals surface area contributed by atoms with E-state index in [0.717, 1.165) is 37.8 Å². The van der Waals surface area contributed by atoms with Gasteiger partial charge in [-0.3, -0.25) is 19.3 Å². The first-order valence-electron chi connectivity index (χ1n) is 16.3. The molecule has 4 atom stereocenters. The second kappa shape index (κ2) is 12.0. The molecule has 0 bridgehead atoms. The number of Topliss-reactive ketones (excluding diaryl/α,β-unsaturated/α-hetero) is 2. The Kier molecular flexibility index (Phi) is 8.34. The van der Waals surface area contributed by atoms with Gasteiger partial charge in [0.1, 0.15) is 22.8 Å². The van der Waals surface area contributed by atoms with E-state index in [-0.39, 0.29) is 35.8 Å². The summed E-state index contributed by atoms with van der Waals surface area (Å²) in [5.41, 5.74) is 5.02. The highest BCUT2D eigenvalue weighted by atomic mass is 16.3. The third kappa shape index (κ3) is 5.25. The number of nitrogens with zero attached hydrogens (tertiary/aromatic N) is 2. The molecule has 7 N–H and O–H groups in total. The van der Waals surface area contributed by atoms with E-state index >= 15 is 0 Å². The van der Waals surface area contributed by atoms with Gasteiger partial charge >= 0.3 is 0 Å². The topological polar surface area (TPSA) is 177 Å². The van der Waals surface area contributed by atoms with E-state index in [4.69, 9.17) is 5.73 Å². The molecule has 0 heterocycles. The van der Waals surface area contributed by atoms with Crippen molar-refractivity contribution in [3.8, 4) is 5.75 Å². The molecule has 4 aliphatic rings. The van der Waals surface area contributed by atoms with Gasteiger partial charge in [-0.25, -0.2) is 0 Å². The second-order valence-corrected chi connectivity index (χ2v) is 14.1. The van der Waals surface area contributed by atoms with E-state index in [2.05, 4.69) is 29.6 Å². The lowest BCUT2D eigenvalue weighted by molar-refractivity contribution is -0.153. The average Bonchev–Trinajstić information content (AvgIpc) is 3.01. The molecule has 0 aliphatic heterocycles. The highest BCUT2D eigenvalue weighted by Crippen LogP contribution is 2.54. The SMILES string of the molecule is CN(C)c1cc(NC2CCC(Cc3ccccc3)CC2)c(O)c2c1CC1CC3C(N(C)C)C(=O)C(C(N)=O)=C(O)C3(O)C(=O)C1=C2O. The summed E-state index contributed by atoms with van der Waals surface area (Å²) in [7, 11) is 6.89. The summed E-state index contributed by atoms with van der Waals surface area (Å²) in [6.07, 6.45) is 5.20. The quantitative estimate of drug-likeness (QED) is 0.194. The molecule has 2 aromatic rings. The number of anilines is 2. The van der Waals surface area contributed by atoms with Gasteiger partial charge in [-0.05, 0) is 88.1 Å². The number of phenolic OH excluding ortho intramolecular Hbond substituents is 1. The molecular weight excluding hydrogens is 600 g/mol. The summed E-state index contributed by atoms with van der Waals surface area (Å²) in [5, 5.41) is 50.0. The fourth-order valence-electron chi connectivity index (χ4n) is 8.48. The van der Waals surface area contributed by atoms with E-state index in [1.165, 1.54) is 10.5 Å². The van der Waals surface area contributed by atoms with Crippen LogP contribution in [0.15, 0.2) is 53.3 Å². The van der Waals surface area contributed by atoms with E-state index in [0.29, 0.717) is 17.2 Å². The van der Waals surface area contributed by atoms with Crippen molar-refractivity contribution >= 4 is 34.6 Å². The molecule has 2 aromatic carbocycles. The first-order chi connectivity index (χ1) is 22.2. The molecular formula is C36H44N4O7. The molecule has 2 fully saturated rings. The minimum Gasteiger partial charge on any atom is -0.508 e. The normalized spacial score (nSPS) is 28.9. The number of carbonyl (C=O) groups is 3. The van der Waals surface area contributed by atoms with Crippen LogP contribution in [0.25, 0.3) is 5.76 Å². The van der Waals surface area contributed by atoms with Crippen molar-refractivity contribution in [3.05, 3.63) is 70.0 Å². The van der Waals surface area contributed by atoms with Crippen molar-refractivity contribution in [2.45, 2.75) is 62.6 Å². The highest BCUT2D eigenvalue weighted by Gasteiger charge is 2.64. The Morgan fingerprint density at radius 1 is 1.02 bits per heavy atom. The summed E-state index contributed by atoms with van der Waals surface area (Å²) in [4.78, 5) is 43.2. The number of benzene rings is 2. The van der Waals surface area contributed by atoms with Crippen molar-refractivity contribution in [2.24, 2.45) is 23.5 Å². The van der Waals surface area contributed by atoms with Crippen molar-refractivity contribution in [2.75, 3.05) is 38.4 Å². The molecule has 0 saturated heterocycles. The summed E-state index contributed by atoms with van der Waals surface area (Å²) < 4.78 is 0. The fourth-order valence-corrected chi connectivity index (χ4v) is 8.48. The number of phenols is 1. The fraction of sp³-hybridized carbons (Fsp3) is 0.472. The van der Waals surface area contributed by atoms with Crippen LogP contribution in [-0.4, -0.2) is 88.7 Å². The lowest BCUT2D eigenvalue weighted by atomic mass is 9.57. The molecule has 2 saturated carbocycles. The first kappa shape index (κ1) is 32.6. The maximum absolute atomic E-state index is 14.2. The van der Waals surface area contributed by atoms with Gasteiger partial charge in [-0.15, -0.1) is 0 Å². The molecule has 11 nitrogen and oxygen atoms in total. The second-order valence-electron chi connectivity index (χ2n) is 14.1. The van der Waals surface area contributed by atoms with Crippen molar-refractivity contribution in [1.29, 1.82) is 0 Å². The third-order valence-corrected chi connectivity index (χ3v) is 10.8. The largest absolute Gasteiger partial charge is 0.508 e. The Hall–Kier alpha value is -4.35. The smallest absolute Gasteiger partial charge is 0.255 e. The molecule has 6 rings (SSSR count). The van der Waals surface area contributed by atoms with Crippen LogP contribution in [0.5, 0.6) is 5.75 Å².